The number of hydrogen-bond donors (Lipinski definition) is 12. The van der Waals surface area contributed by atoms with Crippen molar-refractivity contribution in [3.8, 4) is 0 Å². The first-order valence-corrected chi connectivity index (χ1v) is 18.0. The lowest BCUT2D eigenvalue weighted by Crippen LogP contribution is -2.68. The van der Waals surface area contributed by atoms with Crippen molar-refractivity contribution in [1.29, 1.82) is 0 Å². The first-order chi connectivity index (χ1) is 26.3. The van der Waals surface area contributed by atoms with Crippen molar-refractivity contribution in [2.45, 2.75) is 131 Å². The van der Waals surface area contributed by atoms with E-state index in [0.29, 0.717) is 0 Å². The van der Waals surface area contributed by atoms with E-state index in [2.05, 4.69) is 5.32 Å². The van der Waals surface area contributed by atoms with Gasteiger partial charge in [0.25, 0.3) is 0 Å². The second kappa shape index (κ2) is 20.1. The largest absolute Gasteiger partial charge is 0.396 e. The Morgan fingerprint density at radius 1 is 0.673 bits per heavy atom. The van der Waals surface area contributed by atoms with Gasteiger partial charge in [-0.05, 0) is 5.56 Å². The van der Waals surface area contributed by atoms with Gasteiger partial charge in [-0.15, -0.1) is 0 Å². The molecule has 55 heavy (non-hydrogen) atoms. The van der Waals surface area contributed by atoms with Gasteiger partial charge < -0.3 is 99.4 Å². The van der Waals surface area contributed by atoms with E-state index in [1.54, 1.807) is 0 Å². The van der Waals surface area contributed by atoms with Gasteiger partial charge in [0, 0.05) is 19.3 Å². The van der Waals surface area contributed by atoms with E-state index in [0.717, 1.165) is 12.5 Å². The molecule has 21 nitrogen and oxygen atoms in total. The van der Waals surface area contributed by atoms with E-state index < -0.39 is 149 Å². The van der Waals surface area contributed by atoms with Gasteiger partial charge in [0.2, 0.25) is 5.91 Å². The molecule has 4 saturated heterocycles. The van der Waals surface area contributed by atoms with Gasteiger partial charge in [-0.25, -0.2) is 0 Å². The van der Waals surface area contributed by atoms with Crippen LogP contribution in [0.25, 0.3) is 0 Å². The maximum atomic E-state index is 12.3. The predicted molar refractivity (Wildman–Crippen MR) is 178 cm³/mol. The molecule has 0 aromatic heterocycles. The zero-order chi connectivity index (χ0) is 40.0. The Kier molecular flexibility index (Phi) is 16.1. The number of benzene rings is 1. The normalized spacial score (nSPS) is 44.1. The van der Waals surface area contributed by atoms with Crippen LogP contribution in [0.2, 0.25) is 0 Å². The standard InChI is InChI=1S/C34H53NO20/c1-14(40)35-22-25(44)29(54-34-27(46)26(45)24(43)20(10-38)52-34)21(11-39)53-32(22)55-30-23(42)16(8-36)13-49-33(28(30)47)50-18-7-17(41)31(51-19(18)9-37)48-12-15-5-3-2-4-6-15/h2-6,16-34,36-39,41-47H,7-13H2,1H3,(H,35,40). The van der Waals surface area contributed by atoms with Crippen LogP contribution >= 0.6 is 0 Å². The Bertz CT molecular complexity index is 1320. The summed E-state index contributed by atoms with van der Waals surface area (Å²) in [6.07, 6.45) is -27.0. The average Bonchev–Trinajstić information content (AvgIpc) is 3.28. The van der Waals surface area contributed by atoms with Gasteiger partial charge in [0.1, 0.15) is 73.2 Å². The molecule has 4 aliphatic rings. The Morgan fingerprint density at radius 3 is 1.95 bits per heavy atom. The highest BCUT2D eigenvalue weighted by Gasteiger charge is 2.54. The first kappa shape index (κ1) is 44.0. The third kappa shape index (κ3) is 10.3. The van der Waals surface area contributed by atoms with Crippen LogP contribution in [-0.2, 0) is 49.3 Å². The Hall–Kier alpha value is -2.07. The van der Waals surface area contributed by atoms with Gasteiger partial charge >= 0.3 is 0 Å². The fourth-order valence-electron chi connectivity index (χ4n) is 6.94. The molecule has 4 heterocycles. The summed E-state index contributed by atoms with van der Waals surface area (Å²) in [5.74, 6) is -1.80. The van der Waals surface area contributed by atoms with Gasteiger partial charge in [0.05, 0.1) is 51.8 Å². The van der Waals surface area contributed by atoms with Gasteiger partial charge in [-0.1, -0.05) is 30.3 Å². The fraction of sp³-hybridized carbons (Fsp3) is 0.794. The van der Waals surface area contributed by atoms with Gasteiger partial charge in [-0.3, -0.25) is 4.79 Å². The highest BCUT2D eigenvalue weighted by Crippen LogP contribution is 2.34. The third-order valence-corrected chi connectivity index (χ3v) is 10.1. The highest BCUT2D eigenvalue weighted by atomic mass is 16.8. The maximum absolute atomic E-state index is 12.3. The molecule has 0 bridgehead atoms. The zero-order valence-corrected chi connectivity index (χ0v) is 29.9. The van der Waals surface area contributed by atoms with Crippen LogP contribution in [0, 0.1) is 5.92 Å². The maximum Gasteiger partial charge on any atom is 0.217 e. The summed E-state index contributed by atoms with van der Waals surface area (Å²) in [6.45, 7) is -2.09. The molecule has 0 saturated carbocycles. The van der Waals surface area contributed by atoms with Crippen LogP contribution in [-0.4, -0.2) is 206 Å². The van der Waals surface area contributed by atoms with Gasteiger partial charge in [0.15, 0.2) is 25.2 Å². The van der Waals surface area contributed by atoms with Crippen LogP contribution in [0.5, 0.6) is 0 Å². The first-order valence-electron chi connectivity index (χ1n) is 18.0. The molecule has 0 radical (unpaired) electrons. The molecule has 19 atom stereocenters. The van der Waals surface area contributed by atoms with Gasteiger partial charge in [-0.2, -0.15) is 0 Å². The molecule has 5 rings (SSSR count). The predicted octanol–water partition coefficient (Wildman–Crippen LogP) is -6.10. The molecule has 4 fully saturated rings. The lowest BCUT2D eigenvalue weighted by molar-refractivity contribution is -0.357. The van der Waals surface area contributed by atoms with E-state index in [1.165, 1.54) is 0 Å². The lowest BCUT2D eigenvalue weighted by Gasteiger charge is -2.48. The Balaban J connectivity index is 1.31. The van der Waals surface area contributed by atoms with Crippen molar-refractivity contribution in [2.75, 3.05) is 33.0 Å². The third-order valence-electron chi connectivity index (χ3n) is 10.1. The van der Waals surface area contributed by atoms with Crippen molar-refractivity contribution >= 4 is 5.91 Å². The Labute approximate surface area is 315 Å². The number of ether oxygens (including phenoxy) is 8. The summed E-state index contributed by atoms with van der Waals surface area (Å²) < 4.78 is 46.3. The SMILES string of the molecule is CC(=O)NC1C(OC2C(O)C(CO)COC(OC3CC(O)C(OCc4ccccc4)OC3CO)C2O)OC(CO)C(OC2OC(CO)C(O)C(O)C2O)C1O. The molecule has 21 heteroatoms. The summed E-state index contributed by atoms with van der Waals surface area (Å²) in [6, 6.07) is 7.54. The second-order valence-corrected chi connectivity index (χ2v) is 14.0. The topological polar surface area (TPSA) is 325 Å². The number of rotatable bonds is 14. The lowest BCUT2D eigenvalue weighted by atomic mass is 9.94. The van der Waals surface area contributed by atoms with Crippen molar-refractivity contribution < 1.29 is 98.9 Å². The molecule has 314 valence electrons. The molecule has 19 unspecified atom stereocenters. The van der Waals surface area contributed by atoms with Crippen molar-refractivity contribution in [2.24, 2.45) is 5.92 Å². The summed E-state index contributed by atoms with van der Waals surface area (Å²) in [7, 11) is 0. The number of carbonyl (C=O) groups excluding carboxylic acids is 1. The van der Waals surface area contributed by atoms with E-state index >= 15 is 0 Å². The minimum absolute atomic E-state index is 0.103. The van der Waals surface area contributed by atoms with Crippen LogP contribution in [0.15, 0.2) is 30.3 Å². The number of amides is 1. The quantitative estimate of drug-likeness (QED) is 0.0834. The summed E-state index contributed by atoms with van der Waals surface area (Å²) in [5.41, 5.74) is 0.813. The molecule has 1 aromatic rings. The van der Waals surface area contributed by atoms with Crippen molar-refractivity contribution in [3.63, 3.8) is 0 Å². The van der Waals surface area contributed by atoms with E-state index in [-0.39, 0.29) is 19.6 Å². The monoisotopic (exact) mass is 795 g/mol. The highest BCUT2D eigenvalue weighted by molar-refractivity contribution is 5.73. The van der Waals surface area contributed by atoms with Crippen molar-refractivity contribution in [1.82, 2.24) is 5.32 Å². The zero-order valence-electron chi connectivity index (χ0n) is 29.9. The molecular formula is C34H53NO20. The van der Waals surface area contributed by atoms with E-state index in [4.69, 9.17) is 37.9 Å². The molecular weight excluding hydrogens is 742 g/mol. The number of aliphatic hydroxyl groups excluding tert-OH is 11. The summed E-state index contributed by atoms with van der Waals surface area (Å²) in [5, 5.41) is 119. The number of carbonyl (C=O) groups is 1. The van der Waals surface area contributed by atoms with Crippen LogP contribution in [0.1, 0.15) is 18.9 Å². The van der Waals surface area contributed by atoms with Crippen LogP contribution < -0.4 is 5.32 Å². The number of hydrogen-bond acceptors (Lipinski definition) is 20. The molecule has 1 amide bonds. The number of nitrogens with one attached hydrogen (secondary N) is 1. The van der Waals surface area contributed by atoms with Crippen LogP contribution in [0.3, 0.4) is 0 Å². The molecule has 0 aliphatic carbocycles. The Morgan fingerprint density at radius 2 is 1.31 bits per heavy atom. The van der Waals surface area contributed by atoms with Crippen LogP contribution in [0.4, 0.5) is 0 Å². The summed E-state index contributed by atoms with van der Waals surface area (Å²) >= 11 is 0. The molecule has 4 aliphatic heterocycles. The molecule has 1 aromatic carbocycles. The second-order valence-electron chi connectivity index (χ2n) is 14.0. The fourth-order valence-corrected chi connectivity index (χ4v) is 6.94. The summed E-state index contributed by atoms with van der Waals surface area (Å²) in [4.78, 5) is 12.3. The van der Waals surface area contributed by atoms with Crippen molar-refractivity contribution in [3.05, 3.63) is 35.9 Å². The molecule has 0 spiro atoms. The van der Waals surface area contributed by atoms with E-state index in [9.17, 15) is 61.0 Å². The number of aliphatic hydroxyl groups is 11. The minimum atomic E-state index is -1.90. The average molecular weight is 796 g/mol. The van der Waals surface area contributed by atoms with E-state index in [1.807, 2.05) is 30.3 Å². The minimum Gasteiger partial charge on any atom is -0.396 e. The smallest absolute Gasteiger partial charge is 0.217 e. The molecule has 12 N–H and O–H groups in total.